The van der Waals surface area contributed by atoms with E-state index in [1.807, 2.05) is 79.0 Å². The Labute approximate surface area is 202 Å². The molecule has 2 aromatic carbocycles. The molecule has 3 atom stereocenters. The van der Waals surface area contributed by atoms with Crippen LogP contribution in [-0.4, -0.2) is 41.9 Å². The van der Waals surface area contributed by atoms with Crippen molar-refractivity contribution in [3.05, 3.63) is 88.1 Å². The molecule has 0 spiro atoms. The third-order valence-electron chi connectivity index (χ3n) is 6.01. The van der Waals surface area contributed by atoms with Crippen LogP contribution in [0.25, 0.3) is 0 Å². The van der Waals surface area contributed by atoms with Crippen molar-refractivity contribution in [3.63, 3.8) is 0 Å². The van der Waals surface area contributed by atoms with Crippen LogP contribution in [0, 0.1) is 0 Å². The molecule has 4 rings (SSSR count). The Balaban J connectivity index is 1.62. The summed E-state index contributed by atoms with van der Waals surface area (Å²) >= 11 is 2.74. The van der Waals surface area contributed by atoms with Crippen LogP contribution in [0.4, 0.5) is 4.79 Å². The van der Waals surface area contributed by atoms with Crippen molar-refractivity contribution in [2.75, 3.05) is 14.2 Å². The van der Waals surface area contributed by atoms with Crippen molar-refractivity contribution >= 4 is 35.3 Å². The normalized spacial score (nSPS) is 19.2. The zero-order valence-electron chi connectivity index (χ0n) is 18.7. The van der Waals surface area contributed by atoms with Crippen molar-refractivity contribution in [2.24, 2.45) is 0 Å². The molecule has 0 bridgehead atoms. The van der Waals surface area contributed by atoms with E-state index in [1.165, 1.54) is 12.0 Å². The molecule has 0 radical (unpaired) electrons. The van der Waals surface area contributed by atoms with E-state index in [4.69, 9.17) is 4.33 Å². The van der Waals surface area contributed by atoms with Gasteiger partial charge in [0.05, 0.1) is 31.2 Å². The molecule has 8 heteroatoms. The summed E-state index contributed by atoms with van der Waals surface area (Å²) in [4.78, 5) is 36.5. The fourth-order valence-corrected chi connectivity index (χ4v) is 5.45. The Morgan fingerprint density at radius 3 is 2.45 bits per heavy atom. The lowest BCUT2D eigenvalue weighted by Crippen LogP contribution is -2.37. The zero-order valence-corrected chi connectivity index (χ0v) is 20.3. The maximum atomic E-state index is 13.7. The van der Waals surface area contributed by atoms with Crippen molar-refractivity contribution in [1.82, 2.24) is 9.80 Å². The summed E-state index contributed by atoms with van der Waals surface area (Å²) in [5, 5.41) is 2.01. The number of likely N-dealkylation sites (N-methyl/N-ethyl adjacent to an activating group) is 1. The molecule has 0 N–H and O–H groups in total. The maximum absolute atomic E-state index is 13.7. The standard InChI is InChI=1S/C25H26N2O4S2/c1-17-24(19-8-5-4-6-9-19)27(25(29)26(17)2)23(28)16-21(22-10-7-15-32-22)18-11-13-20(14-12-18)33-31-30-3/h4-15,17,21,24H,16H2,1-3H3/t17-,21-,24-/m1/s1. The number of nitrogens with zero attached hydrogens (tertiary/aromatic N) is 2. The Morgan fingerprint density at radius 2 is 1.82 bits per heavy atom. The van der Waals surface area contributed by atoms with Crippen LogP contribution in [-0.2, 0) is 14.0 Å². The fourth-order valence-electron chi connectivity index (χ4n) is 4.20. The number of benzene rings is 2. The number of rotatable bonds is 8. The molecule has 1 aliphatic heterocycles. The van der Waals surface area contributed by atoms with E-state index >= 15 is 0 Å². The molecular formula is C25H26N2O4S2. The quantitative estimate of drug-likeness (QED) is 0.228. The van der Waals surface area contributed by atoms with E-state index in [2.05, 4.69) is 4.89 Å². The number of thiophene rings is 1. The molecule has 3 aromatic rings. The second-order valence-electron chi connectivity index (χ2n) is 7.91. The second kappa shape index (κ2) is 10.5. The molecule has 2 heterocycles. The predicted octanol–water partition coefficient (Wildman–Crippen LogP) is 5.88. The first-order valence-corrected chi connectivity index (χ1v) is 12.3. The summed E-state index contributed by atoms with van der Waals surface area (Å²) in [6.45, 7) is 1.98. The van der Waals surface area contributed by atoms with Crippen molar-refractivity contribution in [2.45, 2.75) is 36.2 Å². The third-order valence-corrected chi connectivity index (χ3v) is 7.66. The molecule has 6 nitrogen and oxygen atoms in total. The van der Waals surface area contributed by atoms with Crippen molar-refractivity contribution < 1.29 is 18.8 Å². The van der Waals surface area contributed by atoms with Crippen LogP contribution in [0.15, 0.2) is 77.0 Å². The summed E-state index contributed by atoms with van der Waals surface area (Å²) in [6.07, 6.45) is 0.206. The number of hydrogen-bond acceptors (Lipinski definition) is 6. The minimum atomic E-state index is -0.315. The van der Waals surface area contributed by atoms with E-state index in [9.17, 15) is 9.59 Å². The Morgan fingerprint density at radius 1 is 1.09 bits per heavy atom. The summed E-state index contributed by atoms with van der Waals surface area (Å²) in [6, 6.07) is 21.0. The number of urea groups is 1. The van der Waals surface area contributed by atoms with Gasteiger partial charge in [0.15, 0.2) is 0 Å². The van der Waals surface area contributed by atoms with Gasteiger partial charge in [-0.15, -0.1) is 11.3 Å². The lowest BCUT2D eigenvalue weighted by molar-refractivity contribution is -0.160. The summed E-state index contributed by atoms with van der Waals surface area (Å²) in [5.41, 5.74) is 1.97. The van der Waals surface area contributed by atoms with Gasteiger partial charge >= 0.3 is 6.03 Å². The minimum absolute atomic E-state index is 0.110. The van der Waals surface area contributed by atoms with Crippen LogP contribution in [0.1, 0.15) is 41.3 Å². The van der Waals surface area contributed by atoms with Crippen LogP contribution in [0.3, 0.4) is 0 Å². The molecule has 172 valence electrons. The van der Waals surface area contributed by atoms with Crippen LogP contribution in [0.5, 0.6) is 0 Å². The molecule has 0 aliphatic carbocycles. The number of carbonyl (C=O) groups excluding carboxylic acids is 2. The van der Waals surface area contributed by atoms with Gasteiger partial charge in [0.2, 0.25) is 5.91 Å². The molecule has 1 aromatic heterocycles. The van der Waals surface area contributed by atoms with Gasteiger partial charge in [-0.2, -0.15) is 4.33 Å². The Bertz CT molecular complexity index is 1070. The fraction of sp³-hybridized carbons (Fsp3) is 0.280. The highest BCUT2D eigenvalue weighted by molar-refractivity contribution is 7.94. The van der Waals surface area contributed by atoms with Gasteiger partial charge in [-0.25, -0.2) is 9.68 Å². The molecule has 0 unspecified atom stereocenters. The maximum Gasteiger partial charge on any atom is 0.327 e. The summed E-state index contributed by atoms with van der Waals surface area (Å²) in [5.74, 6) is -0.324. The van der Waals surface area contributed by atoms with Crippen molar-refractivity contribution in [3.8, 4) is 0 Å². The highest BCUT2D eigenvalue weighted by Crippen LogP contribution is 2.38. The summed E-state index contributed by atoms with van der Waals surface area (Å²) in [7, 11) is 3.21. The lowest BCUT2D eigenvalue weighted by atomic mass is 9.92. The number of carbonyl (C=O) groups is 2. The lowest BCUT2D eigenvalue weighted by Gasteiger charge is -2.26. The van der Waals surface area contributed by atoms with Gasteiger partial charge in [-0.05, 0) is 41.6 Å². The average Bonchev–Trinajstić information content (AvgIpc) is 3.45. The predicted molar refractivity (Wildman–Crippen MR) is 130 cm³/mol. The van der Waals surface area contributed by atoms with Crippen LogP contribution in [0.2, 0.25) is 0 Å². The van der Waals surface area contributed by atoms with E-state index in [1.54, 1.807) is 23.3 Å². The average molecular weight is 483 g/mol. The van der Waals surface area contributed by atoms with E-state index in [-0.39, 0.29) is 36.4 Å². The van der Waals surface area contributed by atoms with Gasteiger partial charge in [-0.3, -0.25) is 9.69 Å². The third kappa shape index (κ3) is 4.99. The molecule has 1 aliphatic rings. The largest absolute Gasteiger partial charge is 0.327 e. The first kappa shape index (κ1) is 23.5. The van der Waals surface area contributed by atoms with E-state index in [0.29, 0.717) is 0 Å². The minimum Gasteiger partial charge on any atom is -0.322 e. The molecule has 1 saturated heterocycles. The molecule has 3 amide bonds. The first-order chi connectivity index (χ1) is 16.0. The number of amides is 3. The van der Waals surface area contributed by atoms with Gasteiger partial charge in [0.1, 0.15) is 0 Å². The van der Waals surface area contributed by atoms with Gasteiger partial charge in [0, 0.05) is 29.2 Å². The molecule has 33 heavy (non-hydrogen) atoms. The highest BCUT2D eigenvalue weighted by atomic mass is 32.2. The van der Waals surface area contributed by atoms with E-state index in [0.717, 1.165) is 32.9 Å². The number of hydrogen-bond donors (Lipinski definition) is 0. The zero-order chi connectivity index (χ0) is 23.4. The molecular weight excluding hydrogens is 456 g/mol. The van der Waals surface area contributed by atoms with E-state index < -0.39 is 0 Å². The monoisotopic (exact) mass is 482 g/mol. The van der Waals surface area contributed by atoms with Gasteiger partial charge in [-0.1, -0.05) is 48.5 Å². The smallest absolute Gasteiger partial charge is 0.322 e. The number of imide groups is 1. The molecule has 1 fully saturated rings. The van der Waals surface area contributed by atoms with Crippen LogP contribution >= 0.6 is 23.4 Å². The van der Waals surface area contributed by atoms with Gasteiger partial charge < -0.3 is 4.90 Å². The Kier molecular flexibility index (Phi) is 7.49. The van der Waals surface area contributed by atoms with Crippen LogP contribution < -0.4 is 0 Å². The second-order valence-corrected chi connectivity index (χ2v) is 9.67. The topological polar surface area (TPSA) is 59.1 Å². The summed E-state index contributed by atoms with van der Waals surface area (Å²) < 4.78 is 4.93. The highest BCUT2D eigenvalue weighted by Gasteiger charge is 2.45. The van der Waals surface area contributed by atoms with Crippen molar-refractivity contribution in [1.29, 1.82) is 0 Å². The Hall–Kier alpha value is -2.65. The first-order valence-electron chi connectivity index (χ1n) is 10.7. The molecule has 0 saturated carbocycles. The SMILES string of the molecule is COOSc1ccc([C@@H](CC(=O)N2C(=O)N(C)[C@H](C)[C@@H]2c2ccccc2)c2cccs2)cc1. The van der Waals surface area contributed by atoms with Gasteiger partial charge in [0.25, 0.3) is 0 Å².